The minimum Gasteiger partial charge on any atom is -0.394 e. The first-order valence-electron chi connectivity index (χ1n) is 15.9. The molecule has 0 heterocycles. The maximum Gasteiger partial charge on any atom is 0.249 e. The molecule has 0 radical (unpaired) electrons. The molecular formula is C31H63NO5. The summed E-state index contributed by atoms with van der Waals surface area (Å²) >= 11 is 0. The van der Waals surface area contributed by atoms with Gasteiger partial charge in [0.15, 0.2) is 0 Å². The van der Waals surface area contributed by atoms with Crippen molar-refractivity contribution >= 4 is 5.91 Å². The lowest BCUT2D eigenvalue weighted by atomic mass is 9.99. The lowest BCUT2D eigenvalue weighted by Crippen LogP contribution is -2.53. The summed E-state index contributed by atoms with van der Waals surface area (Å²) in [6, 6.07) is -0.974. The van der Waals surface area contributed by atoms with Gasteiger partial charge in [-0.05, 0) is 12.8 Å². The van der Waals surface area contributed by atoms with E-state index in [2.05, 4.69) is 19.2 Å². The van der Waals surface area contributed by atoms with E-state index in [1.54, 1.807) is 0 Å². The molecule has 0 bridgehead atoms. The Hall–Kier alpha value is -0.690. The van der Waals surface area contributed by atoms with Gasteiger partial charge in [0, 0.05) is 0 Å². The average molecular weight is 530 g/mol. The van der Waals surface area contributed by atoms with E-state index in [1.807, 2.05) is 0 Å². The largest absolute Gasteiger partial charge is 0.394 e. The molecule has 4 unspecified atom stereocenters. The fraction of sp³-hybridized carbons (Fsp3) is 0.968. The summed E-state index contributed by atoms with van der Waals surface area (Å²) in [5.74, 6) is -0.589. The van der Waals surface area contributed by atoms with Gasteiger partial charge in [-0.1, -0.05) is 149 Å². The first-order chi connectivity index (χ1) is 18.0. The normalized spacial score (nSPS) is 14.9. The first-order valence-corrected chi connectivity index (χ1v) is 15.9. The summed E-state index contributed by atoms with van der Waals surface area (Å²) in [6.45, 7) is 3.92. The predicted molar refractivity (Wildman–Crippen MR) is 155 cm³/mol. The van der Waals surface area contributed by atoms with Crippen molar-refractivity contribution in [3.8, 4) is 0 Å². The molecule has 0 rings (SSSR count). The third-order valence-electron chi connectivity index (χ3n) is 7.57. The molecule has 0 aromatic carbocycles. The van der Waals surface area contributed by atoms with Crippen LogP contribution in [-0.4, -0.2) is 57.3 Å². The van der Waals surface area contributed by atoms with Crippen molar-refractivity contribution in [2.24, 2.45) is 0 Å². The Morgan fingerprint density at radius 2 is 0.919 bits per heavy atom. The van der Waals surface area contributed by atoms with Gasteiger partial charge in [-0.15, -0.1) is 0 Å². The molecule has 0 aliphatic rings. The van der Waals surface area contributed by atoms with Crippen LogP contribution in [0.5, 0.6) is 0 Å². The van der Waals surface area contributed by atoms with Gasteiger partial charge in [0.1, 0.15) is 12.2 Å². The molecule has 6 nitrogen and oxygen atoms in total. The number of carbonyl (C=O) groups is 1. The highest BCUT2D eigenvalue weighted by atomic mass is 16.3. The molecule has 6 heteroatoms. The van der Waals surface area contributed by atoms with E-state index in [0.29, 0.717) is 12.8 Å². The van der Waals surface area contributed by atoms with Crippen molar-refractivity contribution in [2.75, 3.05) is 6.61 Å². The Bertz CT molecular complexity index is 490. The molecule has 0 saturated heterocycles. The van der Waals surface area contributed by atoms with Crippen LogP contribution in [0, 0.1) is 0 Å². The number of aliphatic hydroxyl groups excluding tert-OH is 4. The summed E-state index contributed by atoms with van der Waals surface area (Å²) in [5, 5.41) is 42.8. The Morgan fingerprint density at radius 3 is 1.30 bits per heavy atom. The maximum atomic E-state index is 12.3. The second kappa shape index (κ2) is 26.9. The number of carbonyl (C=O) groups excluding carboxylic acids is 1. The van der Waals surface area contributed by atoms with Gasteiger partial charge in [0.2, 0.25) is 5.91 Å². The predicted octanol–water partition coefficient (Wildman–Crippen LogP) is 6.56. The smallest absolute Gasteiger partial charge is 0.249 e. The third kappa shape index (κ3) is 21.9. The van der Waals surface area contributed by atoms with Gasteiger partial charge in [-0.25, -0.2) is 0 Å². The standard InChI is InChI=1S/C31H63NO5/c1-3-5-7-9-10-11-12-13-14-15-16-17-18-19-21-23-25-29(35)31(37)32-27(26-33)30(36)28(34)24-22-20-8-6-4-2/h27-30,33-36H,3-26H2,1-2H3,(H,32,37). The number of hydrogen-bond donors (Lipinski definition) is 5. The zero-order valence-electron chi connectivity index (χ0n) is 24.5. The van der Waals surface area contributed by atoms with Gasteiger partial charge in [0.25, 0.3) is 0 Å². The number of rotatable bonds is 28. The fourth-order valence-electron chi connectivity index (χ4n) is 4.93. The number of aliphatic hydroxyl groups is 4. The van der Waals surface area contributed by atoms with Gasteiger partial charge in [0.05, 0.1) is 18.8 Å². The van der Waals surface area contributed by atoms with Crippen molar-refractivity contribution in [3.63, 3.8) is 0 Å². The molecule has 0 fully saturated rings. The zero-order valence-corrected chi connectivity index (χ0v) is 24.5. The Labute approximate surface area is 229 Å². The molecule has 1 amide bonds. The van der Waals surface area contributed by atoms with Crippen molar-refractivity contribution in [3.05, 3.63) is 0 Å². The van der Waals surface area contributed by atoms with Crippen LogP contribution in [0.1, 0.15) is 162 Å². The highest BCUT2D eigenvalue weighted by molar-refractivity contribution is 5.80. The molecular weight excluding hydrogens is 466 g/mol. The van der Waals surface area contributed by atoms with Crippen molar-refractivity contribution in [1.82, 2.24) is 5.32 Å². The van der Waals surface area contributed by atoms with Gasteiger partial charge in [-0.3, -0.25) is 4.79 Å². The Morgan fingerprint density at radius 1 is 0.568 bits per heavy atom. The molecule has 4 atom stereocenters. The molecule has 0 aromatic rings. The molecule has 0 aromatic heterocycles. The van der Waals surface area contributed by atoms with Gasteiger partial charge < -0.3 is 25.7 Å². The zero-order chi connectivity index (χ0) is 27.6. The average Bonchev–Trinajstić information content (AvgIpc) is 2.90. The van der Waals surface area contributed by atoms with E-state index in [0.717, 1.165) is 51.4 Å². The number of nitrogens with one attached hydrogen (secondary N) is 1. The molecule has 0 aliphatic heterocycles. The number of unbranched alkanes of at least 4 members (excludes halogenated alkanes) is 19. The molecule has 37 heavy (non-hydrogen) atoms. The highest BCUT2D eigenvalue weighted by Crippen LogP contribution is 2.15. The van der Waals surface area contributed by atoms with Crippen molar-refractivity contribution in [1.29, 1.82) is 0 Å². The van der Waals surface area contributed by atoms with Crippen LogP contribution in [0.15, 0.2) is 0 Å². The van der Waals surface area contributed by atoms with Crippen LogP contribution in [0.3, 0.4) is 0 Å². The summed E-state index contributed by atoms with van der Waals surface area (Å²) in [4.78, 5) is 12.3. The lowest BCUT2D eigenvalue weighted by Gasteiger charge is -2.27. The molecule has 0 saturated carbocycles. The van der Waals surface area contributed by atoms with Gasteiger partial charge in [-0.2, -0.15) is 0 Å². The third-order valence-corrected chi connectivity index (χ3v) is 7.57. The van der Waals surface area contributed by atoms with Crippen LogP contribution in [-0.2, 0) is 4.79 Å². The second-order valence-electron chi connectivity index (χ2n) is 11.2. The second-order valence-corrected chi connectivity index (χ2v) is 11.2. The van der Waals surface area contributed by atoms with E-state index >= 15 is 0 Å². The maximum absolute atomic E-state index is 12.3. The number of hydrogen-bond acceptors (Lipinski definition) is 5. The topological polar surface area (TPSA) is 110 Å². The van der Waals surface area contributed by atoms with Gasteiger partial charge >= 0.3 is 0 Å². The monoisotopic (exact) mass is 529 g/mol. The SMILES string of the molecule is CCCCCCCCCCCCCCCCCCC(O)C(=O)NC(CO)C(O)C(O)CCCCCCC. The number of amides is 1. The summed E-state index contributed by atoms with van der Waals surface area (Å²) in [7, 11) is 0. The Balaban J connectivity index is 3.74. The molecule has 0 aliphatic carbocycles. The minimum absolute atomic E-state index is 0.374. The highest BCUT2D eigenvalue weighted by Gasteiger charge is 2.28. The van der Waals surface area contributed by atoms with Crippen molar-refractivity contribution < 1.29 is 25.2 Å². The van der Waals surface area contributed by atoms with E-state index in [9.17, 15) is 25.2 Å². The molecule has 222 valence electrons. The Kier molecular flexibility index (Phi) is 26.4. The van der Waals surface area contributed by atoms with Crippen LogP contribution < -0.4 is 5.32 Å². The lowest BCUT2D eigenvalue weighted by molar-refractivity contribution is -0.132. The summed E-state index contributed by atoms with van der Waals surface area (Å²) < 4.78 is 0. The van der Waals surface area contributed by atoms with Crippen molar-refractivity contribution in [2.45, 2.75) is 186 Å². The minimum atomic E-state index is -1.25. The van der Waals surface area contributed by atoms with Crippen LogP contribution in [0.2, 0.25) is 0 Å². The van der Waals surface area contributed by atoms with Crippen LogP contribution in [0.25, 0.3) is 0 Å². The summed E-state index contributed by atoms with van der Waals surface area (Å²) in [6.07, 6.45) is 23.0. The van der Waals surface area contributed by atoms with E-state index in [4.69, 9.17) is 0 Å². The van der Waals surface area contributed by atoms with Crippen LogP contribution in [0.4, 0.5) is 0 Å². The van der Waals surface area contributed by atoms with Crippen LogP contribution >= 0.6 is 0 Å². The fourth-order valence-corrected chi connectivity index (χ4v) is 4.93. The summed E-state index contributed by atoms with van der Waals surface area (Å²) in [5.41, 5.74) is 0. The van der Waals surface area contributed by atoms with E-state index < -0.39 is 36.9 Å². The quantitative estimate of drug-likeness (QED) is 0.0737. The van der Waals surface area contributed by atoms with E-state index in [1.165, 1.54) is 83.5 Å². The molecule has 0 spiro atoms. The molecule has 5 N–H and O–H groups in total. The van der Waals surface area contributed by atoms with E-state index in [-0.39, 0.29) is 0 Å². The first kappa shape index (κ1) is 36.3.